The number of nitrogens with one attached hydrogen (secondary N) is 1. The molecule has 2 fully saturated rings. The van der Waals surface area contributed by atoms with Crippen LogP contribution in [-0.2, 0) is 19.5 Å². The highest BCUT2D eigenvalue weighted by Crippen LogP contribution is 2.42. The lowest BCUT2D eigenvalue weighted by molar-refractivity contribution is 0.293. The minimum atomic E-state index is 0.0615. The van der Waals surface area contributed by atoms with Gasteiger partial charge in [-0.25, -0.2) is 9.48 Å². The summed E-state index contributed by atoms with van der Waals surface area (Å²) >= 11 is 2.19. The van der Waals surface area contributed by atoms with Crippen molar-refractivity contribution in [2.75, 3.05) is 32.4 Å². The summed E-state index contributed by atoms with van der Waals surface area (Å²) in [4.78, 5) is 19.4. The van der Waals surface area contributed by atoms with Crippen molar-refractivity contribution in [3.05, 3.63) is 16.3 Å². The molecule has 3 heterocycles. The molecule has 0 aromatic carbocycles. The number of hydrogen-bond donors (Lipinski definition) is 1. The topological polar surface area (TPSA) is 67.5 Å². The molecule has 28 heavy (non-hydrogen) atoms. The van der Waals surface area contributed by atoms with Crippen LogP contribution in [0.2, 0.25) is 0 Å². The molecule has 2 aliphatic heterocycles. The minimum Gasteiger partial charge on any atom is -0.356 e. The van der Waals surface area contributed by atoms with Gasteiger partial charge in [-0.15, -0.1) is 0 Å². The number of aliphatic imine (C=N–C) groups is 1. The third kappa shape index (κ3) is 4.26. The first kappa shape index (κ1) is 19.9. The van der Waals surface area contributed by atoms with Crippen LogP contribution in [0.5, 0.6) is 0 Å². The predicted octanol–water partition coefficient (Wildman–Crippen LogP) is 2.10. The molecule has 1 saturated heterocycles. The summed E-state index contributed by atoms with van der Waals surface area (Å²) in [5, 5.41) is 8.06. The monoisotopic (exact) mass is 406 g/mol. The quantitative estimate of drug-likeness (QED) is 0.471. The van der Waals surface area contributed by atoms with E-state index in [2.05, 4.69) is 32.1 Å². The standard InChI is InChI=1S/C20H34N6OS/c1-21-18(24-14-15-28-20(16-24)9-4-2-5-10-20)22-11-7-13-26-19(27)25-12-6-3-8-17(25)23-26/h2-16H2,1H3,(H,21,22). The van der Waals surface area contributed by atoms with Crippen molar-refractivity contribution in [3.63, 3.8) is 0 Å². The molecule has 1 aliphatic carbocycles. The van der Waals surface area contributed by atoms with Crippen molar-refractivity contribution in [1.82, 2.24) is 24.6 Å². The number of nitrogens with zero attached hydrogens (tertiary/aromatic N) is 5. The van der Waals surface area contributed by atoms with E-state index in [1.165, 1.54) is 37.9 Å². The van der Waals surface area contributed by atoms with Crippen molar-refractivity contribution in [2.45, 2.75) is 75.6 Å². The highest BCUT2D eigenvalue weighted by molar-refractivity contribution is 8.00. The normalized spacial score (nSPS) is 22.3. The van der Waals surface area contributed by atoms with E-state index in [4.69, 9.17) is 0 Å². The van der Waals surface area contributed by atoms with Crippen LogP contribution in [0.15, 0.2) is 9.79 Å². The fourth-order valence-corrected chi connectivity index (χ4v) is 6.45. The third-order valence-corrected chi connectivity index (χ3v) is 7.92. The van der Waals surface area contributed by atoms with E-state index in [9.17, 15) is 4.79 Å². The van der Waals surface area contributed by atoms with Gasteiger partial charge in [0.15, 0.2) is 5.96 Å². The van der Waals surface area contributed by atoms with Crippen LogP contribution < -0.4 is 11.0 Å². The van der Waals surface area contributed by atoms with Crippen LogP contribution in [0.25, 0.3) is 0 Å². The van der Waals surface area contributed by atoms with Crippen molar-refractivity contribution < 1.29 is 0 Å². The fraction of sp³-hybridized carbons (Fsp3) is 0.850. The summed E-state index contributed by atoms with van der Waals surface area (Å²) in [7, 11) is 1.88. The van der Waals surface area contributed by atoms with Crippen molar-refractivity contribution in [3.8, 4) is 0 Å². The molecule has 0 unspecified atom stereocenters. The van der Waals surface area contributed by atoms with E-state index in [-0.39, 0.29) is 5.69 Å². The molecular weight excluding hydrogens is 372 g/mol. The number of hydrogen-bond acceptors (Lipinski definition) is 4. The lowest BCUT2D eigenvalue weighted by Gasteiger charge is -2.45. The van der Waals surface area contributed by atoms with Gasteiger partial charge in [0.25, 0.3) is 0 Å². The van der Waals surface area contributed by atoms with Gasteiger partial charge < -0.3 is 10.2 Å². The molecule has 0 atom stereocenters. The first-order valence-corrected chi connectivity index (χ1v) is 12.0. The first-order valence-electron chi connectivity index (χ1n) is 11.0. The summed E-state index contributed by atoms with van der Waals surface area (Å²) in [5.41, 5.74) is 0.0615. The van der Waals surface area contributed by atoms with Crippen molar-refractivity contribution in [1.29, 1.82) is 0 Å². The van der Waals surface area contributed by atoms with Gasteiger partial charge in [0.2, 0.25) is 0 Å². The Morgan fingerprint density at radius 2 is 2.07 bits per heavy atom. The van der Waals surface area contributed by atoms with E-state index >= 15 is 0 Å². The van der Waals surface area contributed by atoms with Crippen molar-refractivity contribution in [2.24, 2.45) is 4.99 Å². The number of thioether (sulfide) groups is 1. The summed E-state index contributed by atoms with van der Waals surface area (Å²) < 4.78 is 3.95. The molecule has 156 valence electrons. The second-order valence-corrected chi connectivity index (χ2v) is 9.93. The van der Waals surface area contributed by atoms with Crippen LogP contribution in [0, 0.1) is 0 Å². The maximum absolute atomic E-state index is 12.4. The van der Waals surface area contributed by atoms with Gasteiger partial charge >= 0.3 is 5.69 Å². The largest absolute Gasteiger partial charge is 0.356 e. The van der Waals surface area contributed by atoms with Crippen LogP contribution >= 0.6 is 11.8 Å². The van der Waals surface area contributed by atoms with E-state index in [0.29, 0.717) is 11.3 Å². The summed E-state index contributed by atoms with van der Waals surface area (Å²) in [6, 6.07) is 0. The molecule has 1 aromatic rings. The number of fused-ring (bicyclic) bond motifs is 1. The lowest BCUT2D eigenvalue weighted by Crippen LogP contribution is -2.53. The number of aromatic nitrogens is 3. The Bertz CT molecular complexity index is 743. The number of rotatable bonds is 4. The van der Waals surface area contributed by atoms with E-state index in [0.717, 1.165) is 63.6 Å². The Balaban J connectivity index is 1.28. The van der Waals surface area contributed by atoms with Crippen LogP contribution in [0.4, 0.5) is 0 Å². The molecule has 7 nitrogen and oxygen atoms in total. The molecule has 0 amide bonds. The average molecular weight is 407 g/mol. The van der Waals surface area contributed by atoms with Gasteiger partial charge in [-0.05, 0) is 32.1 Å². The predicted molar refractivity (Wildman–Crippen MR) is 115 cm³/mol. The highest BCUT2D eigenvalue weighted by Gasteiger charge is 2.38. The summed E-state index contributed by atoms with van der Waals surface area (Å²) in [6.07, 6.45) is 10.9. The average Bonchev–Trinajstić information content (AvgIpc) is 3.05. The molecule has 8 heteroatoms. The Kier molecular flexibility index (Phi) is 6.33. The molecule has 4 rings (SSSR count). The zero-order valence-corrected chi connectivity index (χ0v) is 18.0. The third-order valence-electron chi connectivity index (χ3n) is 6.39. The van der Waals surface area contributed by atoms with Gasteiger partial charge in [0.1, 0.15) is 5.82 Å². The Morgan fingerprint density at radius 1 is 1.21 bits per heavy atom. The number of aryl methyl sites for hydroxylation is 2. The zero-order valence-electron chi connectivity index (χ0n) is 17.2. The molecular formula is C20H34N6OS. The van der Waals surface area contributed by atoms with Crippen LogP contribution in [-0.4, -0.2) is 62.4 Å². The maximum atomic E-state index is 12.4. The van der Waals surface area contributed by atoms with Gasteiger partial charge in [0.05, 0.1) is 0 Å². The van der Waals surface area contributed by atoms with Gasteiger partial charge in [-0.1, -0.05) is 19.3 Å². The molecule has 1 N–H and O–H groups in total. The minimum absolute atomic E-state index is 0.0615. The fourth-order valence-electron chi connectivity index (χ4n) is 4.88. The van der Waals surface area contributed by atoms with Crippen LogP contribution in [0.1, 0.15) is 57.2 Å². The maximum Gasteiger partial charge on any atom is 0.345 e. The molecule has 0 radical (unpaired) electrons. The Morgan fingerprint density at radius 3 is 2.86 bits per heavy atom. The first-order chi connectivity index (χ1) is 13.7. The molecule has 0 bridgehead atoms. The molecule has 1 spiro atoms. The van der Waals surface area contributed by atoms with Crippen LogP contribution in [0.3, 0.4) is 0 Å². The lowest BCUT2D eigenvalue weighted by atomic mass is 9.87. The molecule has 1 saturated carbocycles. The second-order valence-electron chi connectivity index (χ2n) is 8.37. The second kappa shape index (κ2) is 8.93. The highest BCUT2D eigenvalue weighted by atomic mass is 32.2. The van der Waals surface area contributed by atoms with E-state index in [1.54, 1.807) is 4.68 Å². The van der Waals surface area contributed by atoms with Gasteiger partial charge in [-0.3, -0.25) is 9.56 Å². The Hall–Kier alpha value is -1.44. The van der Waals surface area contributed by atoms with E-state index < -0.39 is 0 Å². The summed E-state index contributed by atoms with van der Waals surface area (Å²) in [6.45, 7) is 4.50. The SMILES string of the molecule is CN=C(NCCCn1nc2n(c1=O)CCCC2)N1CCSC2(CCCCC2)C1. The zero-order chi connectivity index (χ0) is 19.4. The molecule has 1 aromatic heterocycles. The van der Waals surface area contributed by atoms with Crippen molar-refractivity contribution >= 4 is 17.7 Å². The van der Waals surface area contributed by atoms with Gasteiger partial charge in [0, 0.05) is 56.7 Å². The summed E-state index contributed by atoms with van der Waals surface area (Å²) in [5.74, 6) is 3.17. The number of guanidine groups is 1. The van der Waals surface area contributed by atoms with Gasteiger partial charge in [-0.2, -0.15) is 16.9 Å². The smallest absolute Gasteiger partial charge is 0.345 e. The van der Waals surface area contributed by atoms with E-state index in [1.807, 2.05) is 11.6 Å². The molecule has 3 aliphatic rings. The Labute approximate surface area is 172 Å².